The Bertz CT molecular complexity index is 763. The number of hydrogen-bond donors (Lipinski definition) is 2. The lowest BCUT2D eigenvalue weighted by Crippen LogP contribution is -2.24. The number of benzene rings is 1. The lowest BCUT2D eigenvalue weighted by molar-refractivity contribution is 0.582. The van der Waals surface area contributed by atoms with Gasteiger partial charge >= 0.3 is 0 Å². The first-order valence-corrected chi connectivity index (χ1v) is 7.66. The number of aryl methyl sites for hydroxylation is 1. The maximum absolute atomic E-state index is 11.5. The Balaban J connectivity index is 2.32. The van der Waals surface area contributed by atoms with Gasteiger partial charge in [0.05, 0.1) is 5.75 Å². The van der Waals surface area contributed by atoms with Gasteiger partial charge < -0.3 is 4.98 Å². The van der Waals surface area contributed by atoms with Crippen LogP contribution in [-0.4, -0.2) is 19.2 Å². The number of H-pyrrole nitrogens is 1. The van der Waals surface area contributed by atoms with Crippen molar-refractivity contribution < 1.29 is 8.42 Å². The van der Waals surface area contributed by atoms with Crippen molar-refractivity contribution in [3.05, 3.63) is 45.7 Å². The van der Waals surface area contributed by atoms with Gasteiger partial charge in [0.2, 0.25) is 10.0 Å². The highest BCUT2D eigenvalue weighted by Crippen LogP contribution is 2.13. The van der Waals surface area contributed by atoms with E-state index in [1.165, 1.54) is 0 Å². The second-order valence-corrected chi connectivity index (χ2v) is 6.52. The molecule has 0 saturated carbocycles. The zero-order valence-corrected chi connectivity index (χ0v) is 11.7. The fourth-order valence-electron chi connectivity index (χ4n) is 1.77. The monoisotopic (exact) mass is 280 g/mol. The maximum atomic E-state index is 11.5. The van der Waals surface area contributed by atoms with Crippen LogP contribution in [-0.2, 0) is 16.6 Å². The van der Waals surface area contributed by atoms with E-state index in [1.54, 1.807) is 32.0 Å². The molecule has 0 radical (unpaired) electrons. The molecule has 2 aromatic rings. The normalized spacial score (nSPS) is 11.9. The first kappa shape index (κ1) is 13.8. The molecule has 1 aromatic carbocycles. The predicted octanol–water partition coefficient (Wildman–Crippen LogP) is 1.28. The third-order valence-corrected chi connectivity index (χ3v) is 4.31. The van der Waals surface area contributed by atoms with E-state index in [2.05, 4.69) is 9.71 Å². The largest absolute Gasteiger partial charge is 0.322 e. The molecule has 0 unspecified atom stereocenters. The molecule has 0 bridgehead atoms. The summed E-state index contributed by atoms with van der Waals surface area (Å²) in [5, 5.41) is 0.894. The zero-order chi connectivity index (χ0) is 14.0. The molecule has 0 spiro atoms. The van der Waals surface area contributed by atoms with Crippen LogP contribution in [0.5, 0.6) is 0 Å². The van der Waals surface area contributed by atoms with Crippen LogP contribution >= 0.6 is 0 Å². The molecule has 102 valence electrons. The van der Waals surface area contributed by atoms with Gasteiger partial charge in [-0.3, -0.25) is 4.79 Å². The topological polar surface area (TPSA) is 79.0 Å². The number of hydrogen-bond acceptors (Lipinski definition) is 3. The number of aromatic nitrogens is 1. The maximum Gasteiger partial charge on any atom is 0.251 e. The molecule has 1 aromatic heterocycles. The minimum absolute atomic E-state index is 0.0625. The van der Waals surface area contributed by atoms with Crippen molar-refractivity contribution in [3.63, 3.8) is 0 Å². The van der Waals surface area contributed by atoms with Gasteiger partial charge in [0.15, 0.2) is 0 Å². The summed E-state index contributed by atoms with van der Waals surface area (Å²) >= 11 is 0. The van der Waals surface area contributed by atoms with Gasteiger partial charge in [-0.15, -0.1) is 0 Å². The fourth-order valence-corrected chi connectivity index (χ4v) is 2.36. The predicted molar refractivity (Wildman–Crippen MR) is 75.6 cm³/mol. The third-order valence-electron chi connectivity index (χ3n) is 2.97. The van der Waals surface area contributed by atoms with E-state index in [0.717, 1.165) is 16.5 Å². The molecule has 2 rings (SSSR count). The van der Waals surface area contributed by atoms with Crippen molar-refractivity contribution in [1.29, 1.82) is 0 Å². The molecule has 0 aliphatic carbocycles. The van der Waals surface area contributed by atoms with Crippen molar-refractivity contribution >= 4 is 20.9 Å². The second kappa shape index (κ2) is 5.14. The molecule has 0 fully saturated rings. The van der Waals surface area contributed by atoms with Crippen LogP contribution in [0.1, 0.15) is 18.1 Å². The molecule has 19 heavy (non-hydrogen) atoms. The van der Waals surface area contributed by atoms with Crippen LogP contribution in [0.4, 0.5) is 0 Å². The van der Waals surface area contributed by atoms with Gasteiger partial charge in [0, 0.05) is 17.6 Å². The summed E-state index contributed by atoms with van der Waals surface area (Å²) in [6.07, 6.45) is 0. The summed E-state index contributed by atoms with van der Waals surface area (Å²) in [5.41, 5.74) is 2.14. The number of rotatable bonds is 4. The Morgan fingerprint density at radius 3 is 2.68 bits per heavy atom. The Labute approximate surface area is 111 Å². The molecule has 0 saturated heterocycles. The average molecular weight is 280 g/mol. The van der Waals surface area contributed by atoms with Gasteiger partial charge in [0.1, 0.15) is 0 Å². The first-order valence-electron chi connectivity index (χ1n) is 6.01. The van der Waals surface area contributed by atoms with Crippen LogP contribution < -0.4 is 10.3 Å². The minimum atomic E-state index is -3.19. The molecule has 0 aliphatic rings. The Kier molecular flexibility index (Phi) is 3.73. The highest BCUT2D eigenvalue weighted by atomic mass is 32.2. The third kappa shape index (κ3) is 3.21. The molecule has 1 heterocycles. The van der Waals surface area contributed by atoms with Gasteiger partial charge in [-0.25, -0.2) is 13.1 Å². The van der Waals surface area contributed by atoms with E-state index in [1.807, 2.05) is 6.07 Å². The van der Waals surface area contributed by atoms with Gasteiger partial charge in [-0.2, -0.15) is 0 Å². The first-order chi connectivity index (χ1) is 8.91. The van der Waals surface area contributed by atoms with E-state index in [4.69, 9.17) is 0 Å². The van der Waals surface area contributed by atoms with Crippen LogP contribution in [0.15, 0.2) is 29.1 Å². The number of pyridine rings is 1. The molecular formula is C13H16N2O3S. The molecule has 2 N–H and O–H groups in total. The highest BCUT2D eigenvalue weighted by molar-refractivity contribution is 7.89. The smallest absolute Gasteiger partial charge is 0.251 e. The van der Waals surface area contributed by atoms with Gasteiger partial charge in [0.25, 0.3) is 5.56 Å². The molecular weight excluding hydrogens is 264 g/mol. The van der Waals surface area contributed by atoms with Crippen LogP contribution in [0.3, 0.4) is 0 Å². The molecule has 6 heteroatoms. The summed E-state index contributed by atoms with van der Waals surface area (Å²) in [7, 11) is -3.19. The van der Waals surface area contributed by atoms with E-state index >= 15 is 0 Å². The number of nitrogens with one attached hydrogen (secondary N) is 2. The van der Waals surface area contributed by atoms with E-state index < -0.39 is 10.0 Å². The highest BCUT2D eigenvalue weighted by Gasteiger charge is 2.06. The van der Waals surface area contributed by atoms with Crippen molar-refractivity contribution in [3.8, 4) is 0 Å². The lowest BCUT2D eigenvalue weighted by atomic mass is 10.1. The fraction of sp³-hybridized carbons (Fsp3) is 0.308. The van der Waals surface area contributed by atoms with E-state index in [-0.39, 0.29) is 17.9 Å². The van der Waals surface area contributed by atoms with Crippen molar-refractivity contribution in [2.24, 2.45) is 0 Å². The second-order valence-electron chi connectivity index (χ2n) is 4.43. The molecule has 0 aliphatic heterocycles. The minimum Gasteiger partial charge on any atom is -0.322 e. The van der Waals surface area contributed by atoms with E-state index in [9.17, 15) is 13.2 Å². The standard InChI is InChI=1S/C13H16N2O3S/c1-3-19(17,18)14-8-10-4-5-12-11(7-10)6-9(2)13(16)15-12/h4-7,14H,3,8H2,1-2H3,(H,15,16). The summed E-state index contributed by atoms with van der Waals surface area (Å²) in [5.74, 6) is 0.0625. The molecule has 0 amide bonds. The summed E-state index contributed by atoms with van der Waals surface area (Å²) in [4.78, 5) is 14.2. The number of sulfonamides is 1. The average Bonchev–Trinajstić information content (AvgIpc) is 2.38. The van der Waals surface area contributed by atoms with Crippen molar-refractivity contribution in [2.45, 2.75) is 20.4 Å². The SMILES string of the molecule is CCS(=O)(=O)NCc1ccc2[nH]c(=O)c(C)cc2c1. The lowest BCUT2D eigenvalue weighted by Gasteiger charge is -2.06. The summed E-state index contributed by atoms with van der Waals surface area (Å²) < 4.78 is 25.3. The molecule has 0 atom stereocenters. The van der Waals surface area contributed by atoms with Crippen LogP contribution in [0.25, 0.3) is 10.9 Å². The molecule has 5 nitrogen and oxygen atoms in total. The Morgan fingerprint density at radius 1 is 1.26 bits per heavy atom. The van der Waals surface area contributed by atoms with Crippen LogP contribution in [0.2, 0.25) is 0 Å². The van der Waals surface area contributed by atoms with Gasteiger partial charge in [-0.1, -0.05) is 6.07 Å². The Morgan fingerprint density at radius 2 is 2.00 bits per heavy atom. The number of fused-ring (bicyclic) bond motifs is 1. The summed E-state index contributed by atoms with van der Waals surface area (Å²) in [6, 6.07) is 7.25. The quantitative estimate of drug-likeness (QED) is 0.885. The Hall–Kier alpha value is -1.66. The number of aromatic amines is 1. The van der Waals surface area contributed by atoms with Crippen molar-refractivity contribution in [2.75, 3.05) is 5.75 Å². The summed E-state index contributed by atoms with van der Waals surface area (Å²) in [6.45, 7) is 3.59. The zero-order valence-electron chi connectivity index (χ0n) is 10.9. The van der Waals surface area contributed by atoms with Crippen molar-refractivity contribution in [1.82, 2.24) is 9.71 Å². The van der Waals surface area contributed by atoms with Gasteiger partial charge in [-0.05, 0) is 43.0 Å². The van der Waals surface area contributed by atoms with Crippen LogP contribution in [0, 0.1) is 6.92 Å². The van der Waals surface area contributed by atoms with E-state index in [0.29, 0.717) is 5.56 Å².